The van der Waals surface area contributed by atoms with Gasteiger partial charge in [0.1, 0.15) is 5.75 Å². The Kier molecular flexibility index (Phi) is 5.18. The molecule has 0 unspecified atom stereocenters. The number of amides is 1. The van der Waals surface area contributed by atoms with Gasteiger partial charge in [-0.2, -0.15) is 5.10 Å². The molecule has 3 rings (SSSR count). The molecule has 0 saturated carbocycles. The largest absolute Gasteiger partial charge is 0.497 e. The highest BCUT2D eigenvalue weighted by molar-refractivity contribution is 7.92. The van der Waals surface area contributed by atoms with Crippen LogP contribution in [-0.2, 0) is 14.8 Å². The minimum atomic E-state index is -3.37. The standard InChI is InChI=1S/C19H21N3O4S/c1-13(23)22-19(15-7-5-9-17(11-15)26-2)12-18(20-22)14-6-4-8-16(10-14)21-27(3,24)25/h4-11,19,21H,12H2,1-3H3/t19-/m1/s1. The van der Waals surface area contributed by atoms with E-state index in [4.69, 9.17) is 4.74 Å². The first-order valence-electron chi connectivity index (χ1n) is 8.36. The lowest BCUT2D eigenvalue weighted by atomic mass is 9.98. The smallest absolute Gasteiger partial charge is 0.240 e. The van der Waals surface area contributed by atoms with Crippen LogP contribution in [0.1, 0.15) is 30.5 Å². The fraction of sp³-hybridized carbons (Fsp3) is 0.263. The van der Waals surface area contributed by atoms with E-state index in [1.54, 1.807) is 25.3 Å². The van der Waals surface area contributed by atoms with E-state index in [0.29, 0.717) is 17.9 Å². The van der Waals surface area contributed by atoms with Crippen molar-refractivity contribution in [3.05, 3.63) is 59.7 Å². The molecular weight excluding hydrogens is 366 g/mol. The molecule has 8 heteroatoms. The van der Waals surface area contributed by atoms with Gasteiger partial charge in [0.05, 0.1) is 25.1 Å². The number of ether oxygens (including phenoxy) is 1. The van der Waals surface area contributed by atoms with Gasteiger partial charge in [-0.25, -0.2) is 13.4 Å². The second-order valence-electron chi connectivity index (χ2n) is 6.36. The van der Waals surface area contributed by atoms with E-state index in [-0.39, 0.29) is 11.9 Å². The molecule has 1 aliphatic rings. The van der Waals surface area contributed by atoms with Crippen LogP contribution < -0.4 is 9.46 Å². The molecule has 0 aliphatic carbocycles. The van der Waals surface area contributed by atoms with Gasteiger partial charge in [0.15, 0.2) is 0 Å². The summed E-state index contributed by atoms with van der Waals surface area (Å²) in [5.41, 5.74) is 2.86. The molecule has 0 aromatic heterocycles. The molecule has 0 saturated heterocycles. The van der Waals surface area contributed by atoms with E-state index >= 15 is 0 Å². The van der Waals surface area contributed by atoms with Crippen LogP contribution in [0.3, 0.4) is 0 Å². The molecule has 142 valence electrons. The molecule has 0 bridgehead atoms. The Morgan fingerprint density at radius 3 is 2.63 bits per heavy atom. The first-order chi connectivity index (χ1) is 12.8. The number of nitrogens with zero attached hydrogens (tertiary/aromatic N) is 2. The molecule has 0 fully saturated rings. The van der Waals surface area contributed by atoms with Crippen molar-refractivity contribution in [1.82, 2.24) is 5.01 Å². The number of hydrogen-bond donors (Lipinski definition) is 1. The van der Waals surface area contributed by atoms with Crippen molar-refractivity contribution in [1.29, 1.82) is 0 Å². The predicted octanol–water partition coefficient (Wildman–Crippen LogP) is 2.76. The predicted molar refractivity (Wildman–Crippen MR) is 104 cm³/mol. The van der Waals surface area contributed by atoms with Crippen LogP contribution in [0.25, 0.3) is 0 Å². The lowest BCUT2D eigenvalue weighted by molar-refractivity contribution is -0.130. The van der Waals surface area contributed by atoms with E-state index in [2.05, 4.69) is 9.82 Å². The monoisotopic (exact) mass is 387 g/mol. The maximum Gasteiger partial charge on any atom is 0.240 e. The normalized spacial score (nSPS) is 16.8. The molecule has 2 aromatic rings. The molecule has 1 heterocycles. The summed E-state index contributed by atoms with van der Waals surface area (Å²) >= 11 is 0. The zero-order valence-corrected chi connectivity index (χ0v) is 16.2. The average Bonchev–Trinajstić information content (AvgIpc) is 3.06. The summed E-state index contributed by atoms with van der Waals surface area (Å²) in [6.07, 6.45) is 1.62. The number of hydrazone groups is 1. The van der Waals surface area contributed by atoms with Crippen LogP contribution in [0.15, 0.2) is 53.6 Å². The maximum absolute atomic E-state index is 12.1. The lowest BCUT2D eigenvalue weighted by Crippen LogP contribution is -2.24. The lowest BCUT2D eigenvalue weighted by Gasteiger charge is -2.20. The highest BCUT2D eigenvalue weighted by Gasteiger charge is 2.31. The van der Waals surface area contributed by atoms with Gasteiger partial charge in [0.2, 0.25) is 15.9 Å². The number of anilines is 1. The van der Waals surface area contributed by atoms with Gasteiger partial charge in [-0.3, -0.25) is 9.52 Å². The van der Waals surface area contributed by atoms with Crippen molar-refractivity contribution < 1.29 is 17.9 Å². The Morgan fingerprint density at radius 2 is 1.96 bits per heavy atom. The van der Waals surface area contributed by atoms with Crippen molar-refractivity contribution >= 4 is 27.3 Å². The summed E-state index contributed by atoms with van der Waals surface area (Å²) in [7, 11) is -1.78. The van der Waals surface area contributed by atoms with Crippen molar-refractivity contribution in [2.75, 3.05) is 18.1 Å². The molecule has 7 nitrogen and oxygen atoms in total. The third-order valence-corrected chi connectivity index (χ3v) is 4.82. The molecule has 0 radical (unpaired) electrons. The quantitative estimate of drug-likeness (QED) is 0.854. The number of benzene rings is 2. The molecule has 1 aliphatic heterocycles. The first kappa shape index (κ1) is 18.9. The number of carbonyl (C=O) groups excluding carboxylic acids is 1. The fourth-order valence-corrected chi connectivity index (χ4v) is 3.61. The zero-order chi connectivity index (χ0) is 19.6. The van der Waals surface area contributed by atoms with Gasteiger partial charge in [-0.05, 0) is 35.4 Å². The van der Waals surface area contributed by atoms with Crippen LogP contribution >= 0.6 is 0 Å². The number of hydrogen-bond acceptors (Lipinski definition) is 5. The highest BCUT2D eigenvalue weighted by atomic mass is 32.2. The Bertz CT molecular complexity index is 1000. The van der Waals surface area contributed by atoms with Crippen molar-refractivity contribution in [3.63, 3.8) is 0 Å². The van der Waals surface area contributed by atoms with Crippen molar-refractivity contribution in [2.45, 2.75) is 19.4 Å². The second-order valence-corrected chi connectivity index (χ2v) is 8.11. The number of rotatable bonds is 5. The van der Waals surface area contributed by atoms with E-state index in [1.807, 2.05) is 30.3 Å². The van der Waals surface area contributed by atoms with Crippen LogP contribution in [0.4, 0.5) is 5.69 Å². The zero-order valence-electron chi connectivity index (χ0n) is 15.3. The van der Waals surface area contributed by atoms with E-state index in [0.717, 1.165) is 23.1 Å². The van der Waals surface area contributed by atoms with Crippen LogP contribution in [-0.4, -0.2) is 38.4 Å². The van der Waals surface area contributed by atoms with Gasteiger partial charge in [0.25, 0.3) is 0 Å². The van der Waals surface area contributed by atoms with Crippen molar-refractivity contribution in [3.8, 4) is 5.75 Å². The third kappa shape index (κ3) is 4.46. The van der Waals surface area contributed by atoms with Gasteiger partial charge < -0.3 is 4.74 Å². The average molecular weight is 387 g/mol. The summed E-state index contributed by atoms with van der Waals surface area (Å²) in [5.74, 6) is 0.548. The summed E-state index contributed by atoms with van der Waals surface area (Å²) in [6, 6.07) is 14.3. The highest BCUT2D eigenvalue weighted by Crippen LogP contribution is 2.34. The molecule has 1 atom stereocenters. The van der Waals surface area contributed by atoms with E-state index in [1.165, 1.54) is 11.9 Å². The number of nitrogens with one attached hydrogen (secondary N) is 1. The van der Waals surface area contributed by atoms with Gasteiger partial charge in [0, 0.05) is 19.0 Å². The van der Waals surface area contributed by atoms with Crippen LogP contribution in [0.2, 0.25) is 0 Å². The summed E-state index contributed by atoms with van der Waals surface area (Å²) in [5, 5.41) is 5.95. The fourth-order valence-electron chi connectivity index (χ4n) is 3.06. The molecule has 2 aromatic carbocycles. The Balaban J connectivity index is 1.92. The van der Waals surface area contributed by atoms with Gasteiger partial charge in [-0.15, -0.1) is 0 Å². The molecular formula is C19H21N3O4S. The minimum Gasteiger partial charge on any atom is -0.497 e. The topological polar surface area (TPSA) is 88.1 Å². The summed E-state index contributed by atoms with van der Waals surface area (Å²) in [6.45, 7) is 1.47. The number of carbonyl (C=O) groups is 1. The Hall–Kier alpha value is -2.87. The summed E-state index contributed by atoms with van der Waals surface area (Å²) < 4.78 is 30.7. The second kappa shape index (κ2) is 7.40. The van der Waals surface area contributed by atoms with E-state index < -0.39 is 10.0 Å². The molecule has 0 spiro atoms. The molecule has 27 heavy (non-hydrogen) atoms. The third-order valence-electron chi connectivity index (χ3n) is 4.21. The Morgan fingerprint density at radius 1 is 1.22 bits per heavy atom. The minimum absolute atomic E-state index is 0.164. The molecule has 1 amide bonds. The Labute approximate surface area is 158 Å². The summed E-state index contributed by atoms with van der Waals surface area (Å²) in [4.78, 5) is 12.1. The van der Waals surface area contributed by atoms with Crippen LogP contribution in [0.5, 0.6) is 5.75 Å². The first-order valence-corrected chi connectivity index (χ1v) is 10.3. The van der Waals surface area contributed by atoms with E-state index in [9.17, 15) is 13.2 Å². The molecule has 1 N–H and O–H groups in total. The van der Waals surface area contributed by atoms with Gasteiger partial charge in [-0.1, -0.05) is 24.3 Å². The van der Waals surface area contributed by atoms with Gasteiger partial charge >= 0.3 is 0 Å². The SMILES string of the molecule is COc1cccc([C@H]2CC(c3cccc(NS(C)(=O)=O)c3)=NN2C(C)=O)c1. The van der Waals surface area contributed by atoms with Crippen molar-refractivity contribution in [2.24, 2.45) is 5.10 Å². The number of sulfonamides is 1. The van der Waals surface area contributed by atoms with Crippen LogP contribution in [0, 0.1) is 0 Å². The number of methoxy groups -OCH3 is 1. The maximum atomic E-state index is 12.1.